The van der Waals surface area contributed by atoms with Crippen LogP contribution in [-0.2, 0) is 54.3 Å². The highest BCUT2D eigenvalue weighted by molar-refractivity contribution is 5.97. The first-order chi connectivity index (χ1) is 27.1. The predicted octanol–water partition coefficient (Wildman–Crippen LogP) is 2.48. The van der Waals surface area contributed by atoms with Gasteiger partial charge >= 0.3 is 11.9 Å². The van der Waals surface area contributed by atoms with Crippen LogP contribution in [0.1, 0.15) is 89.7 Å². The number of hydrogen-bond acceptors (Lipinski definition) is 12. The van der Waals surface area contributed by atoms with Crippen molar-refractivity contribution in [2.75, 3.05) is 27.2 Å². The van der Waals surface area contributed by atoms with Crippen LogP contribution in [0.15, 0.2) is 30.3 Å². The number of aliphatic hydroxyl groups excluding tert-OH is 1. The van der Waals surface area contributed by atoms with Crippen molar-refractivity contribution in [3.8, 4) is 0 Å². The van der Waals surface area contributed by atoms with Crippen molar-refractivity contribution in [3.63, 3.8) is 0 Å². The van der Waals surface area contributed by atoms with Gasteiger partial charge in [0.25, 0.3) is 0 Å². The zero-order valence-electron chi connectivity index (χ0n) is 33.5. The maximum Gasteiger partial charge on any atom is 0.327 e. The van der Waals surface area contributed by atoms with E-state index in [-0.39, 0.29) is 49.5 Å². The number of likely N-dealkylation sites (N-methyl/N-ethyl adjacent to an activating group) is 1. The van der Waals surface area contributed by atoms with Crippen LogP contribution in [0.25, 0.3) is 6.08 Å². The molecule has 15 nitrogen and oxygen atoms in total. The van der Waals surface area contributed by atoms with Crippen molar-refractivity contribution in [2.24, 2.45) is 17.3 Å². The number of aliphatic hydroxyl groups is 1. The normalized spacial score (nSPS) is 32.2. The number of rotatable bonds is 13. The molecule has 0 unspecified atom stereocenters. The number of hydroxylamine groups is 2. The fourth-order valence-electron chi connectivity index (χ4n) is 9.62. The average Bonchev–Trinajstić information content (AvgIpc) is 4.08. The lowest BCUT2D eigenvalue weighted by Crippen LogP contribution is -2.70. The lowest BCUT2D eigenvalue weighted by molar-refractivity contribution is -0.235. The van der Waals surface area contributed by atoms with E-state index in [1.54, 1.807) is 50.9 Å². The van der Waals surface area contributed by atoms with E-state index in [1.807, 2.05) is 24.3 Å². The number of likely N-dealkylation sites (tertiary alicyclic amines) is 1. The molecule has 1 aromatic carbocycles. The highest BCUT2D eigenvalue weighted by Gasteiger charge is 2.78. The minimum absolute atomic E-state index is 0.00260. The van der Waals surface area contributed by atoms with E-state index in [2.05, 4.69) is 5.32 Å². The molecule has 2 N–H and O–H groups in total. The second kappa shape index (κ2) is 15.0. The maximum absolute atomic E-state index is 15.4. The third-order valence-corrected chi connectivity index (χ3v) is 12.6. The van der Waals surface area contributed by atoms with Crippen LogP contribution in [0, 0.1) is 17.3 Å². The third kappa shape index (κ3) is 7.50. The van der Waals surface area contributed by atoms with Gasteiger partial charge in [-0.2, -0.15) is 5.06 Å². The summed E-state index contributed by atoms with van der Waals surface area (Å²) in [7, 11) is 3.37. The molecular weight excluding hydrogens is 736 g/mol. The quantitative estimate of drug-likeness (QED) is 0.221. The summed E-state index contributed by atoms with van der Waals surface area (Å²) in [6.45, 7) is 5.38. The fourth-order valence-corrected chi connectivity index (χ4v) is 9.62. The highest BCUT2D eigenvalue weighted by atomic mass is 16.8. The van der Waals surface area contributed by atoms with Gasteiger partial charge in [0.05, 0.1) is 19.2 Å². The minimum Gasteiger partial charge on any atom is -0.460 e. The number of benzene rings is 1. The minimum atomic E-state index is -1.43. The number of nitrogens with zero attached hydrogens (tertiary/aromatic N) is 3. The van der Waals surface area contributed by atoms with Crippen molar-refractivity contribution in [3.05, 3.63) is 41.5 Å². The molecule has 0 spiro atoms. The summed E-state index contributed by atoms with van der Waals surface area (Å²) in [6.07, 6.45) is 5.53. The number of amides is 3. The Kier molecular flexibility index (Phi) is 10.5. The van der Waals surface area contributed by atoms with Gasteiger partial charge in [0, 0.05) is 51.4 Å². The van der Waals surface area contributed by atoms with Gasteiger partial charge in [0.2, 0.25) is 17.7 Å². The van der Waals surface area contributed by atoms with Crippen LogP contribution < -0.4 is 5.32 Å². The Morgan fingerprint density at radius 1 is 1.04 bits per heavy atom. The second-order valence-corrected chi connectivity index (χ2v) is 18.1. The molecule has 3 saturated carbocycles. The topological polar surface area (TPSA) is 173 Å². The molecule has 8 atom stereocenters. The zero-order chi connectivity index (χ0) is 40.4. The Hall–Kier alpha value is -3.89. The molecule has 7 fully saturated rings. The molecule has 3 amide bonds. The van der Waals surface area contributed by atoms with E-state index < -0.39 is 83.8 Å². The van der Waals surface area contributed by atoms with Crippen molar-refractivity contribution in [2.45, 2.75) is 139 Å². The van der Waals surface area contributed by atoms with Crippen molar-refractivity contribution >= 4 is 35.7 Å². The Morgan fingerprint density at radius 2 is 1.72 bits per heavy atom. The molecule has 310 valence electrons. The summed E-state index contributed by atoms with van der Waals surface area (Å²) in [4.78, 5) is 78.0. The first kappa shape index (κ1) is 39.9. The first-order valence-electron chi connectivity index (χ1n) is 20.6. The summed E-state index contributed by atoms with van der Waals surface area (Å²) in [5.41, 5.74) is -0.462. The summed E-state index contributed by atoms with van der Waals surface area (Å²) < 4.78 is 25.5. The van der Waals surface area contributed by atoms with Crippen LogP contribution in [-0.4, -0.2) is 131 Å². The number of carbonyl (C=O) groups is 5. The van der Waals surface area contributed by atoms with E-state index in [0.717, 1.165) is 36.8 Å². The smallest absolute Gasteiger partial charge is 0.327 e. The van der Waals surface area contributed by atoms with Gasteiger partial charge in [0.15, 0.2) is 11.8 Å². The molecule has 57 heavy (non-hydrogen) atoms. The van der Waals surface area contributed by atoms with E-state index in [0.29, 0.717) is 19.4 Å². The molecule has 4 saturated heterocycles. The fraction of sp³-hybridized carbons (Fsp3) is 0.690. The maximum atomic E-state index is 15.4. The highest BCUT2D eigenvalue weighted by Crippen LogP contribution is 2.64. The van der Waals surface area contributed by atoms with Crippen molar-refractivity contribution < 1.29 is 52.9 Å². The lowest BCUT2D eigenvalue weighted by atomic mass is 9.62. The number of ether oxygens (including phenoxy) is 4. The van der Waals surface area contributed by atoms with Gasteiger partial charge in [-0.15, -0.1) is 0 Å². The number of nitrogens with one attached hydrogen (secondary N) is 1. The van der Waals surface area contributed by atoms with E-state index in [9.17, 15) is 24.3 Å². The standard InChI is InChI=1S/C42H56N4O11/c1-40(2,3)54-32(49)19-17-28(23-47)43-37(50)29-7-6-20-45(29)39(52)41-21-30-33-34(56-42(55-33,26-13-14-26)27-15-16-27)36(41)57-46(35(41)38(51)53-30)22-25-10-8-24(9-11-25)12-18-31(48)44(4)5/h8-12,18,26-30,33-36,47H,6-7,13-17,19-23H2,1-5H3,(H,43,50)/t28-,29+,30+,33-,34-,35-,36+,41-/m0/s1. The summed E-state index contributed by atoms with van der Waals surface area (Å²) in [5, 5.41) is 14.6. The van der Waals surface area contributed by atoms with Crippen LogP contribution in [0.2, 0.25) is 0 Å². The SMILES string of the molecule is CN(C)C(=O)C=Cc1ccc(CN2O[C@@H]3[C@H]4OC(C5CC5)(C5CC5)O[C@H]4[C@H]4C[C@]3(C(=O)N3CCC[C@@H]3C(=O)N[C@H](CO)CCC(=O)OC(C)(C)C)[C@@H]2C(=O)O4)cc1. The summed E-state index contributed by atoms with van der Waals surface area (Å²) in [5.74, 6) is -2.29. The lowest BCUT2D eigenvalue weighted by Gasteiger charge is -2.50. The average molecular weight is 793 g/mol. The van der Waals surface area contributed by atoms with Gasteiger partial charge in [0.1, 0.15) is 41.5 Å². The third-order valence-electron chi connectivity index (χ3n) is 12.6. The van der Waals surface area contributed by atoms with Gasteiger partial charge in [-0.05, 0) is 82.9 Å². The zero-order valence-corrected chi connectivity index (χ0v) is 33.5. The molecule has 1 aromatic rings. The van der Waals surface area contributed by atoms with E-state index >= 15 is 4.79 Å². The summed E-state index contributed by atoms with van der Waals surface area (Å²) >= 11 is 0. The molecule has 0 aromatic heterocycles. The molecule has 3 aliphatic carbocycles. The molecule has 0 radical (unpaired) electrons. The number of hydrogen-bond donors (Lipinski definition) is 2. The van der Waals surface area contributed by atoms with Crippen LogP contribution in [0.4, 0.5) is 0 Å². The monoisotopic (exact) mass is 792 g/mol. The van der Waals surface area contributed by atoms with Crippen molar-refractivity contribution in [1.82, 2.24) is 20.2 Å². The Balaban J connectivity index is 1.06. The Bertz CT molecular complexity index is 1770. The predicted molar refractivity (Wildman–Crippen MR) is 202 cm³/mol. The number of esters is 2. The summed E-state index contributed by atoms with van der Waals surface area (Å²) in [6, 6.07) is 4.83. The molecule has 15 heteroatoms. The molecule has 2 bridgehead atoms. The molecule has 7 aliphatic rings. The van der Waals surface area contributed by atoms with Crippen molar-refractivity contribution in [1.29, 1.82) is 0 Å². The molecule has 4 heterocycles. The van der Waals surface area contributed by atoms with Crippen LogP contribution >= 0.6 is 0 Å². The van der Waals surface area contributed by atoms with Gasteiger partial charge in [-0.3, -0.25) is 28.8 Å². The largest absolute Gasteiger partial charge is 0.460 e. The van der Waals surface area contributed by atoms with Gasteiger partial charge in [-0.25, -0.2) is 0 Å². The Labute approximate surface area is 333 Å². The van der Waals surface area contributed by atoms with Crippen LogP contribution in [0.5, 0.6) is 0 Å². The van der Waals surface area contributed by atoms with Gasteiger partial charge in [-0.1, -0.05) is 24.3 Å². The van der Waals surface area contributed by atoms with E-state index in [4.69, 9.17) is 23.8 Å². The molecular formula is C42H56N4O11. The Morgan fingerprint density at radius 3 is 2.35 bits per heavy atom. The molecule has 8 rings (SSSR count). The van der Waals surface area contributed by atoms with E-state index in [1.165, 1.54) is 11.0 Å². The number of carbonyl (C=O) groups excluding carboxylic acids is 5. The van der Waals surface area contributed by atoms with Gasteiger partial charge < -0.3 is 39.2 Å². The first-order valence-corrected chi connectivity index (χ1v) is 20.6. The number of fused-ring (bicyclic) bond motifs is 4. The second-order valence-electron chi connectivity index (χ2n) is 18.1. The molecule has 4 aliphatic heterocycles. The van der Waals surface area contributed by atoms with Crippen LogP contribution in [0.3, 0.4) is 0 Å².